The van der Waals surface area contributed by atoms with Crippen LogP contribution in [0.15, 0.2) is 84.0 Å². The van der Waals surface area contributed by atoms with Gasteiger partial charge in [0.15, 0.2) is 5.43 Å². The molecule has 0 saturated carbocycles. The van der Waals surface area contributed by atoms with Gasteiger partial charge in [-0.15, -0.1) is 0 Å². The number of benzene rings is 3. The molecule has 0 fully saturated rings. The Hall–Kier alpha value is -3.87. The summed E-state index contributed by atoms with van der Waals surface area (Å²) in [7, 11) is 0. The topological polar surface area (TPSA) is 79.8 Å². The number of carbonyl (C=O) groups is 1. The first-order chi connectivity index (χ1) is 16.9. The average molecular weight is 503 g/mol. The number of aromatic amines is 1. The van der Waals surface area contributed by atoms with E-state index in [1.165, 1.54) is 0 Å². The molecule has 0 aliphatic heterocycles. The first-order valence-corrected chi connectivity index (χ1v) is 11.6. The lowest BCUT2D eigenvalue weighted by Gasteiger charge is -2.16. The van der Waals surface area contributed by atoms with Gasteiger partial charge in [0, 0.05) is 46.0 Å². The van der Waals surface area contributed by atoms with Crippen LogP contribution in [0.25, 0.3) is 27.7 Å². The maximum atomic E-state index is 13.3. The van der Waals surface area contributed by atoms with Crippen molar-refractivity contribution >= 4 is 40.0 Å². The summed E-state index contributed by atoms with van der Waals surface area (Å²) in [5, 5.41) is 11.1. The van der Waals surface area contributed by atoms with Crippen LogP contribution < -0.4 is 10.7 Å². The fourth-order valence-corrected chi connectivity index (χ4v) is 4.38. The third kappa shape index (κ3) is 4.46. The Morgan fingerprint density at radius 1 is 1.06 bits per heavy atom. The van der Waals surface area contributed by atoms with E-state index in [2.05, 4.69) is 15.5 Å². The van der Waals surface area contributed by atoms with Crippen LogP contribution in [0, 0.1) is 6.92 Å². The molecule has 2 heterocycles. The zero-order valence-corrected chi connectivity index (χ0v) is 20.2. The highest BCUT2D eigenvalue weighted by Gasteiger charge is 2.15. The minimum absolute atomic E-state index is 0.0587. The highest BCUT2D eigenvalue weighted by Crippen LogP contribution is 2.28. The zero-order valence-electron chi connectivity index (χ0n) is 18.7. The van der Waals surface area contributed by atoms with Crippen molar-refractivity contribution < 1.29 is 4.79 Å². The van der Waals surface area contributed by atoms with Gasteiger partial charge in [-0.3, -0.25) is 14.7 Å². The van der Waals surface area contributed by atoms with Crippen molar-refractivity contribution in [3.8, 4) is 16.8 Å². The fraction of sp³-hybridized carbons (Fsp3) is 0.0741. The minimum atomic E-state index is -0.278. The van der Waals surface area contributed by atoms with E-state index in [4.69, 9.17) is 23.2 Å². The molecule has 0 atom stereocenters. The molecule has 5 aromatic rings. The van der Waals surface area contributed by atoms with Crippen molar-refractivity contribution in [2.45, 2.75) is 13.5 Å². The standard InChI is InChI=1S/C27H20Cl2N4O2/c1-16-3-2-4-23(25(16)29)33-15-20(26(34)22-10-9-21(28)11-24(22)33)12-30-27(35)18-7-5-17(6-8-18)19-13-31-32-14-19/h2-11,13-15H,12H2,1H3,(H,30,35)(H,31,32). The van der Waals surface area contributed by atoms with Gasteiger partial charge in [0.2, 0.25) is 0 Å². The van der Waals surface area contributed by atoms with Crippen LogP contribution >= 0.6 is 23.2 Å². The SMILES string of the molecule is Cc1cccc(-n2cc(CNC(=O)c3ccc(-c4cn[nH]c4)cc3)c(=O)c3ccc(Cl)cc32)c1Cl. The number of hydrogen-bond acceptors (Lipinski definition) is 3. The predicted octanol–water partition coefficient (Wildman–Crippen LogP) is 5.93. The summed E-state index contributed by atoms with van der Waals surface area (Å²) >= 11 is 12.9. The average Bonchev–Trinajstić information content (AvgIpc) is 3.41. The summed E-state index contributed by atoms with van der Waals surface area (Å²) < 4.78 is 1.85. The summed E-state index contributed by atoms with van der Waals surface area (Å²) in [6, 6.07) is 18.0. The maximum absolute atomic E-state index is 13.3. The number of fused-ring (bicyclic) bond motifs is 1. The number of aromatic nitrogens is 3. The molecule has 0 aliphatic rings. The number of carbonyl (C=O) groups excluding carboxylic acids is 1. The number of hydrogen-bond donors (Lipinski definition) is 2. The van der Waals surface area contributed by atoms with Crippen LogP contribution in [-0.2, 0) is 6.54 Å². The summed E-state index contributed by atoms with van der Waals surface area (Å²) in [4.78, 5) is 26.1. The molecule has 3 aromatic carbocycles. The van der Waals surface area contributed by atoms with E-state index < -0.39 is 0 Å². The van der Waals surface area contributed by atoms with E-state index in [-0.39, 0.29) is 17.9 Å². The molecule has 174 valence electrons. The molecule has 2 aromatic heterocycles. The molecule has 0 saturated heterocycles. The van der Waals surface area contributed by atoms with Crippen molar-refractivity contribution in [2.75, 3.05) is 0 Å². The molecule has 5 rings (SSSR count). The molecule has 2 N–H and O–H groups in total. The van der Waals surface area contributed by atoms with Crippen molar-refractivity contribution in [2.24, 2.45) is 0 Å². The zero-order chi connectivity index (χ0) is 24.5. The number of halogens is 2. The largest absolute Gasteiger partial charge is 0.348 e. The van der Waals surface area contributed by atoms with Crippen molar-refractivity contribution in [1.29, 1.82) is 0 Å². The number of pyridine rings is 1. The van der Waals surface area contributed by atoms with Gasteiger partial charge in [0.25, 0.3) is 5.91 Å². The lowest BCUT2D eigenvalue weighted by molar-refractivity contribution is 0.0951. The van der Waals surface area contributed by atoms with Crippen LogP contribution in [0.5, 0.6) is 0 Å². The Kier molecular flexibility index (Phi) is 6.16. The number of rotatable bonds is 5. The maximum Gasteiger partial charge on any atom is 0.251 e. The minimum Gasteiger partial charge on any atom is -0.348 e. The van der Waals surface area contributed by atoms with E-state index in [1.54, 1.807) is 48.9 Å². The number of aryl methyl sites for hydroxylation is 1. The van der Waals surface area contributed by atoms with Crippen molar-refractivity contribution in [3.05, 3.63) is 116 Å². The lowest BCUT2D eigenvalue weighted by atomic mass is 10.1. The Morgan fingerprint density at radius 3 is 2.60 bits per heavy atom. The third-order valence-electron chi connectivity index (χ3n) is 5.89. The van der Waals surface area contributed by atoms with Crippen molar-refractivity contribution in [1.82, 2.24) is 20.1 Å². The van der Waals surface area contributed by atoms with Crippen LogP contribution in [0.3, 0.4) is 0 Å². The van der Waals surface area contributed by atoms with E-state index >= 15 is 0 Å². The van der Waals surface area contributed by atoms with Gasteiger partial charge in [-0.1, -0.05) is 47.5 Å². The van der Waals surface area contributed by atoms with E-state index in [0.29, 0.717) is 32.1 Å². The third-order valence-corrected chi connectivity index (χ3v) is 6.62. The number of H-pyrrole nitrogens is 1. The molecule has 0 unspecified atom stereocenters. The van der Waals surface area contributed by atoms with Gasteiger partial charge in [-0.2, -0.15) is 5.10 Å². The summed E-state index contributed by atoms with van der Waals surface area (Å²) in [5.41, 5.74) is 4.90. The monoisotopic (exact) mass is 502 g/mol. The van der Waals surface area contributed by atoms with Gasteiger partial charge in [-0.05, 0) is 54.4 Å². The predicted molar refractivity (Wildman–Crippen MR) is 139 cm³/mol. The molecule has 0 spiro atoms. The molecule has 1 amide bonds. The molecule has 0 aliphatic carbocycles. The van der Waals surface area contributed by atoms with E-state index in [0.717, 1.165) is 22.4 Å². The van der Waals surface area contributed by atoms with Crippen molar-refractivity contribution in [3.63, 3.8) is 0 Å². The quantitative estimate of drug-likeness (QED) is 0.312. The van der Waals surface area contributed by atoms with Gasteiger partial charge < -0.3 is 9.88 Å². The second kappa shape index (κ2) is 9.41. The van der Waals surface area contributed by atoms with Gasteiger partial charge in [-0.25, -0.2) is 0 Å². The molecule has 0 radical (unpaired) electrons. The van der Waals surface area contributed by atoms with Crippen LogP contribution in [0.1, 0.15) is 21.5 Å². The molecular weight excluding hydrogens is 483 g/mol. The van der Waals surface area contributed by atoms with Crippen LogP contribution in [-0.4, -0.2) is 20.7 Å². The van der Waals surface area contributed by atoms with Crippen LogP contribution in [0.4, 0.5) is 0 Å². The molecule has 0 bridgehead atoms. The first kappa shape index (κ1) is 22.9. The Bertz CT molecular complexity index is 1610. The Morgan fingerprint density at radius 2 is 1.86 bits per heavy atom. The smallest absolute Gasteiger partial charge is 0.251 e. The Labute approximate surface area is 211 Å². The fourth-order valence-electron chi connectivity index (χ4n) is 4.00. The number of amides is 1. The van der Waals surface area contributed by atoms with Gasteiger partial charge in [0.05, 0.1) is 22.4 Å². The van der Waals surface area contributed by atoms with E-state index in [9.17, 15) is 9.59 Å². The Balaban J connectivity index is 1.48. The van der Waals surface area contributed by atoms with Crippen LogP contribution in [0.2, 0.25) is 10.0 Å². The molecule has 35 heavy (non-hydrogen) atoms. The first-order valence-electron chi connectivity index (χ1n) is 10.9. The van der Waals surface area contributed by atoms with Gasteiger partial charge >= 0.3 is 0 Å². The second-order valence-electron chi connectivity index (χ2n) is 8.17. The van der Waals surface area contributed by atoms with E-state index in [1.807, 2.05) is 41.8 Å². The lowest BCUT2D eigenvalue weighted by Crippen LogP contribution is -2.27. The normalized spacial score (nSPS) is 11.1. The number of nitrogens with one attached hydrogen (secondary N) is 2. The second-order valence-corrected chi connectivity index (χ2v) is 8.98. The highest BCUT2D eigenvalue weighted by molar-refractivity contribution is 6.33. The summed E-state index contributed by atoms with van der Waals surface area (Å²) in [6.45, 7) is 1.98. The highest BCUT2D eigenvalue weighted by atomic mass is 35.5. The summed E-state index contributed by atoms with van der Waals surface area (Å²) in [6.07, 6.45) is 5.21. The number of nitrogens with zero attached hydrogens (tertiary/aromatic N) is 2. The molecular formula is C27H20Cl2N4O2. The van der Waals surface area contributed by atoms with Gasteiger partial charge in [0.1, 0.15) is 0 Å². The molecule has 8 heteroatoms. The molecule has 6 nitrogen and oxygen atoms in total. The summed E-state index contributed by atoms with van der Waals surface area (Å²) in [5.74, 6) is -0.278.